The third kappa shape index (κ3) is 5.24. The van der Waals surface area contributed by atoms with Gasteiger partial charge < -0.3 is 4.42 Å². The molecule has 0 saturated carbocycles. The summed E-state index contributed by atoms with van der Waals surface area (Å²) in [5, 5.41) is 4.63. The Morgan fingerprint density at radius 3 is 2.00 bits per heavy atom. The molecule has 0 fully saturated rings. The summed E-state index contributed by atoms with van der Waals surface area (Å²) in [6.45, 7) is 4.41. The molecule has 0 aliphatic carbocycles. The first-order chi connectivity index (χ1) is 24.6. The van der Waals surface area contributed by atoms with Gasteiger partial charge in [0.15, 0.2) is 5.58 Å². The van der Waals surface area contributed by atoms with Crippen LogP contribution in [0.5, 0.6) is 0 Å². The number of rotatable bonds is 6. The zero-order valence-corrected chi connectivity index (χ0v) is 28.0. The number of hydrogen-bond acceptors (Lipinski definition) is 3. The van der Waals surface area contributed by atoms with Gasteiger partial charge in [0, 0.05) is 33.2 Å². The maximum atomic E-state index is 6.66. The molecular formula is C47H34N2O. The first kappa shape index (κ1) is 29.8. The number of hydrogen-bond donors (Lipinski definition) is 0. The Hall–Kier alpha value is -6.32. The predicted octanol–water partition coefficient (Wildman–Crippen LogP) is 13.0. The van der Waals surface area contributed by atoms with Crippen molar-refractivity contribution in [2.24, 2.45) is 0 Å². The van der Waals surface area contributed by atoms with Crippen LogP contribution in [0.3, 0.4) is 0 Å². The summed E-state index contributed by atoms with van der Waals surface area (Å²) in [5.74, 6) is 1.09. The van der Waals surface area contributed by atoms with Crippen molar-refractivity contribution in [3.63, 3.8) is 0 Å². The van der Waals surface area contributed by atoms with Crippen molar-refractivity contribution in [3.8, 4) is 56.2 Å². The molecule has 0 unspecified atom stereocenters. The molecule has 7 aromatic carbocycles. The molecule has 0 radical (unpaired) electrons. The molecule has 0 aliphatic rings. The normalized spacial score (nSPS) is 11.6. The zero-order valence-electron chi connectivity index (χ0n) is 28.0. The van der Waals surface area contributed by atoms with Gasteiger partial charge in [-0.3, -0.25) is 0 Å². The van der Waals surface area contributed by atoms with Gasteiger partial charge in [-0.05, 0) is 69.1 Å². The van der Waals surface area contributed by atoms with Crippen LogP contribution in [-0.4, -0.2) is 9.97 Å². The molecule has 0 aliphatic heterocycles. The van der Waals surface area contributed by atoms with Crippen LogP contribution in [0, 0.1) is 0 Å². The third-order valence-corrected chi connectivity index (χ3v) is 9.69. The fourth-order valence-corrected chi connectivity index (χ4v) is 7.09. The second-order valence-corrected chi connectivity index (χ2v) is 13.2. The molecule has 0 spiro atoms. The maximum Gasteiger partial charge on any atom is 0.227 e. The summed E-state index contributed by atoms with van der Waals surface area (Å²) in [6, 6.07) is 57.8. The summed E-state index contributed by atoms with van der Waals surface area (Å²) in [7, 11) is 0. The topological polar surface area (TPSA) is 38.9 Å². The van der Waals surface area contributed by atoms with E-state index >= 15 is 0 Å². The number of benzene rings is 7. The highest BCUT2D eigenvalue weighted by atomic mass is 16.3. The number of para-hydroxylation sites is 1. The van der Waals surface area contributed by atoms with E-state index in [1.807, 2.05) is 12.1 Å². The van der Waals surface area contributed by atoms with Gasteiger partial charge >= 0.3 is 0 Å². The molecule has 238 valence electrons. The highest BCUT2D eigenvalue weighted by Crippen LogP contribution is 2.43. The number of aromatic nitrogens is 2. The van der Waals surface area contributed by atoms with E-state index in [0.717, 1.165) is 72.2 Å². The van der Waals surface area contributed by atoms with Gasteiger partial charge in [-0.15, -0.1) is 0 Å². The van der Waals surface area contributed by atoms with Gasteiger partial charge in [0.25, 0.3) is 0 Å². The highest BCUT2D eigenvalue weighted by molar-refractivity contribution is 6.09. The van der Waals surface area contributed by atoms with Crippen molar-refractivity contribution < 1.29 is 4.42 Å². The van der Waals surface area contributed by atoms with E-state index in [-0.39, 0.29) is 0 Å². The molecule has 0 amide bonds. The van der Waals surface area contributed by atoms with E-state index in [9.17, 15) is 0 Å². The number of oxazole rings is 1. The number of nitrogens with zero attached hydrogens (tertiary/aromatic N) is 2. The van der Waals surface area contributed by atoms with Crippen molar-refractivity contribution >= 4 is 32.6 Å². The van der Waals surface area contributed by atoms with E-state index in [2.05, 4.69) is 166 Å². The van der Waals surface area contributed by atoms with Crippen LogP contribution in [-0.2, 0) is 0 Å². The first-order valence-corrected chi connectivity index (χ1v) is 17.2. The molecule has 3 nitrogen and oxygen atoms in total. The van der Waals surface area contributed by atoms with Gasteiger partial charge in [-0.1, -0.05) is 147 Å². The van der Waals surface area contributed by atoms with Crippen LogP contribution in [0.15, 0.2) is 168 Å². The first-order valence-electron chi connectivity index (χ1n) is 17.2. The molecular weight excluding hydrogens is 609 g/mol. The van der Waals surface area contributed by atoms with Crippen molar-refractivity contribution in [2.75, 3.05) is 0 Å². The number of fused-ring (bicyclic) bond motifs is 3. The van der Waals surface area contributed by atoms with Crippen molar-refractivity contribution in [3.05, 3.63) is 169 Å². The molecule has 9 aromatic rings. The fraction of sp³-hybridized carbons (Fsp3) is 0.0638. The number of pyridine rings is 1. The van der Waals surface area contributed by atoms with E-state index < -0.39 is 0 Å². The predicted molar refractivity (Wildman–Crippen MR) is 208 cm³/mol. The summed E-state index contributed by atoms with van der Waals surface area (Å²) < 4.78 is 6.66. The van der Waals surface area contributed by atoms with Crippen LogP contribution in [0.2, 0.25) is 0 Å². The average molecular weight is 643 g/mol. The van der Waals surface area contributed by atoms with Crippen LogP contribution >= 0.6 is 0 Å². The highest BCUT2D eigenvalue weighted by Gasteiger charge is 2.19. The molecule has 0 saturated heterocycles. The van der Waals surface area contributed by atoms with E-state index in [0.29, 0.717) is 11.8 Å². The molecule has 9 rings (SSSR count). The molecule has 3 heteroatoms. The zero-order chi connectivity index (χ0) is 33.6. The van der Waals surface area contributed by atoms with Crippen LogP contribution in [0.25, 0.3) is 88.9 Å². The van der Waals surface area contributed by atoms with E-state index in [1.54, 1.807) is 0 Å². The van der Waals surface area contributed by atoms with E-state index in [4.69, 9.17) is 14.4 Å². The van der Waals surface area contributed by atoms with Crippen LogP contribution in [0.4, 0.5) is 0 Å². The monoisotopic (exact) mass is 642 g/mol. The SMILES string of the molecule is CC(C)c1ccc(-c2nc3cccc(-c4c(-c5cccc(-c6nc(-c7ccccc7)cc7ccccc67)c5)ccc5ccccc45)c3o2)cc1. The molecule has 50 heavy (non-hydrogen) atoms. The standard InChI is InChI=1S/C47H34N2O/c1-30(2)31-22-24-34(25-23-31)47-49-42-21-11-20-41(46(42)50-47)44-38-18-8-6-12-32(38)26-27-39(44)35-16-10-17-37(28-35)45-40-19-9-7-15-36(40)29-43(48-45)33-13-4-3-5-14-33/h3-30H,1-2H3. The molecule has 0 atom stereocenters. The van der Waals surface area contributed by atoms with Gasteiger partial charge in [0.05, 0.1) is 11.4 Å². The second kappa shape index (κ2) is 12.3. The maximum absolute atomic E-state index is 6.66. The largest absolute Gasteiger partial charge is 0.435 e. The Bertz CT molecular complexity index is 2670. The minimum atomic E-state index is 0.463. The van der Waals surface area contributed by atoms with Crippen molar-refractivity contribution in [1.29, 1.82) is 0 Å². The van der Waals surface area contributed by atoms with Crippen molar-refractivity contribution in [1.82, 2.24) is 9.97 Å². The minimum absolute atomic E-state index is 0.463. The minimum Gasteiger partial charge on any atom is -0.435 e. The van der Waals surface area contributed by atoms with Crippen molar-refractivity contribution in [2.45, 2.75) is 19.8 Å². The Balaban J connectivity index is 1.23. The van der Waals surface area contributed by atoms with Gasteiger partial charge in [-0.25, -0.2) is 9.97 Å². The third-order valence-electron chi connectivity index (χ3n) is 9.69. The van der Waals surface area contributed by atoms with Gasteiger partial charge in [0.2, 0.25) is 5.89 Å². The lowest BCUT2D eigenvalue weighted by atomic mass is 9.88. The Morgan fingerprint density at radius 1 is 0.480 bits per heavy atom. The Kier molecular flexibility index (Phi) is 7.32. The lowest BCUT2D eigenvalue weighted by Crippen LogP contribution is -1.93. The van der Waals surface area contributed by atoms with Crippen LogP contribution < -0.4 is 0 Å². The van der Waals surface area contributed by atoms with E-state index in [1.165, 1.54) is 16.3 Å². The summed E-state index contributed by atoms with van der Waals surface area (Å²) in [6.07, 6.45) is 0. The smallest absolute Gasteiger partial charge is 0.227 e. The fourth-order valence-electron chi connectivity index (χ4n) is 7.09. The van der Waals surface area contributed by atoms with Crippen LogP contribution in [0.1, 0.15) is 25.3 Å². The Labute approximate surface area is 291 Å². The molecule has 2 aromatic heterocycles. The second-order valence-electron chi connectivity index (χ2n) is 13.2. The molecule has 2 heterocycles. The van der Waals surface area contributed by atoms with Gasteiger partial charge in [0.1, 0.15) is 5.52 Å². The summed E-state index contributed by atoms with van der Waals surface area (Å²) in [4.78, 5) is 10.2. The lowest BCUT2D eigenvalue weighted by molar-refractivity contribution is 0.620. The average Bonchev–Trinajstić information content (AvgIpc) is 3.62. The molecule has 0 N–H and O–H groups in total. The molecule has 0 bridgehead atoms. The summed E-state index contributed by atoms with van der Waals surface area (Å²) >= 11 is 0. The van der Waals surface area contributed by atoms with Gasteiger partial charge in [-0.2, -0.15) is 0 Å². The quantitative estimate of drug-likeness (QED) is 0.181. The lowest BCUT2D eigenvalue weighted by Gasteiger charge is -2.16. The Morgan fingerprint density at radius 2 is 1.18 bits per heavy atom. The summed E-state index contributed by atoms with van der Waals surface area (Å²) in [5.41, 5.74) is 12.4.